The molecule has 2 aromatic rings. The first-order chi connectivity index (χ1) is 8.15. The highest BCUT2D eigenvalue weighted by molar-refractivity contribution is 7.05. The van der Waals surface area contributed by atoms with E-state index in [1.165, 1.54) is 11.5 Å². The summed E-state index contributed by atoms with van der Waals surface area (Å²) in [4.78, 5) is 0.719. The van der Waals surface area contributed by atoms with Crippen molar-refractivity contribution in [3.05, 3.63) is 44.4 Å². The maximum absolute atomic E-state index is 10.3. The van der Waals surface area contributed by atoms with Gasteiger partial charge >= 0.3 is 0 Å². The van der Waals surface area contributed by atoms with Gasteiger partial charge in [-0.3, -0.25) is 0 Å². The van der Waals surface area contributed by atoms with Crippen LogP contribution in [-0.2, 0) is 6.42 Å². The first-order valence-electron chi connectivity index (χ1n) is 5.08. The number of hydrogen-bond donors (Lipinski definition) is 1. The molecule has 17 heavy (non-hydrogen) atoms. The lowest BCUT2D eigenvalue weighted by Gasteiger charge is -2.12. The van der Waals surface area contributed by atoms with Gasteiger partial charge in [-0.2, -0.15) is 0 Å². The lowest BCUT2D eigenvalue weighted by Crippen LogP contribution is -2.01. The van der Waals surface area contributed by atoms with Gasteiger partial charge in [-0.25, -0.2) is 0 Å². The molecule has 6 heteroatoms. The Morgan fingerprint density at radius 3 is 2.88 bits per heavy atom. The summed E-state index contributed by atoms with van der Waals surface area (Å²) in [6, 6.07) is 5.19. The van der Waals surface area contributed by atoms with E-state index < -0.39 is 6.10 Å². The molecule has 0 aliphatic carbocycles. The van der Waals surface area contributed by atoms with E-state index >= 15 is 0 Å². The van der Waals surface area contributed by atoms with Crippen LogP contribution in [0.3, 0.4) is 0 Å². The molecule has 0 aliphatic heterocycles. The summed E-state index contributed by atoms with van der Waals surface area (Å²) in [7, 11) is 0. The number of benzene rings is 1. The van der Waals surface area contributed by atoms with Crippen molar-refractivity contribution >= 4 is 34.7 Å². The average molecular weight is 289 g/mol. The fourth-order valence-corrected chi connectivity index (χ4v) is 2.70. The maximum atomic E-state index is 10.3. The maximum Gasteiger partial charge on any atom is 0.118 e. The summed E-state index contributed by atoms with van der Waals surface area (Å²) in [5, 5.41) is 15.1. The minimum absolute atomic E-state index is 0.372. The molecule has 0 saturated carbocycles. The lowest BCUT2D eigenvalue weighted by molar-refractivity contribution is 0.223. The van der Waals surface area contributed by atoms with Crippen LogP contribution in [0.2, 0.25) is 10.0 Å². The van der Waals surface area contributed by atoms with Crippen LogP contribution in [0.5, 0.6) is 0 Å². The van der Waals surface area contributed by atoms with E-state index in [0.29, 0.717) is 15.6 Å². The molecular formula is C11H10Cl2N2OS. The number of aliphatic hydroxyl groups is 1. The highest BCUT2D eigenvalue weighted by Gasteiger charge is 2.20. The number of aromatic nitrogens is 2. The molecular weight excluding hydrogens is 279 g/mol. The molecule has 90 valence electrons. The minimum atomic E-state index is -0.823. The van der Waals surface area contributed by atoms with Crippen LogP contribution in [0.25, 0.3) is 0 Å². The Balaban J connectivity index is 2.44. The van der Waals surface area contributed by atoms with E-state index in [0.717, 1.165) is 17.0 Å². The average Bonchev–Trinajstić information content (AvgIpc) is 2.80. The van der Waals surface area contributed by atoms with Gasteiger partial charge in [0.2, 0.25) is 0 Å². The molecule has 1 heterocycles. The van der Waals surface area contributed by atoms with Crippen LogP contribution in [0.1, 0.15) is 29.2 Å². The topological polar surface area (TPSA) is 46.0 Å². The summed E-state index contributed by atoms with van der Waals surface area (Å²) < 4.78 is 3.85. The highest BCUT2D eigenvalue weighted by atomic mass is 35.5. The quantitative estimate of drug-likeness (QED) is 0.940. The molecule has 1 N–H and O–H groups in total. The number of nitrogens with zero attached hydrogens (tertiary/aromatic N) is 2. The Hall–Kier alpha value is -0.680. The normalized spacial score (nSPS) is 12.7. The summed E-state index contributed by atoms with van der Waals surface area (Å²) in [5.41, 5.74) is 1.37. The van der Waals surface area contributed by atoms with Crippen LogP contribution in [0, 0.1) is 0 Å². The summed E-state index contributed by atoms with van der Waals surface area (Å²) in [6.07, 6.45) is -0.0997. The van der Waals surface area contributed by atoms with E-state index in [1.807, 2.05) is 6.92 Å². The zero-order valence-electron chi connectivity index (χ0n) is 9.02. The van der Waals surface area contributed by atoms with Crippen LogP contribution < -0.4 is 0 Å². The monoisotopic (exact) mass is 288 g/mol. The third kappa shape index (κ3) is 2.45. The summed E-state index contributed by atoms with van der Waals surface area (Å²) >= 11 is 13.2. The van der Waals surface area contributed by atoms with E-state index in [9.17, 15) is 5.11 Å². The third-order valence-corrected chi connectivity index (χ3v) is 4.10. The number of hydrogen-bond acceptors (Lipinski definition) is 4. The predicted octanol–water partition coefficient (Wildman–Crippen LogP) is 3.49. The lowest BCUT2D eigenvalue weighted by atomic mass is 10.1. The van der Waals surface area contributed by atoms with Gasteiger partial charge in [-0.05, 0) is 24.0 Å². The number of halogens is 2. The Morgan fingerprint density at radius 1 is 1.41 bits per heavy atom. The molecule has 1 aromatic carbocycles. The van der Waals surface area contributed by atoms with Gasteiger partial charge in [0.15, 0.2) is 0 Å². The highest BCUT2D eigenvalue weighted by Crippen LogP contribution is 2.35. The molecule has 0 aliphatic rings. The van der Waals surface area contributed by atoms with Crippen molar-refractivity contribution in [1.29, 1.82) is 0 Å². The van der Waals surface area contributed by atoms with Gasteiger partial charge in [-0.1, -0.05) is 46.7 Å². The zero-order chi connectivity index (χ0) is 12.4. The molecule has 0 radical (unpaired) electrons. The van der Waals surface area contributed by atoms with Crippen molar-refractivity contribution in [3.63, 3.8) is 0 Å². The molecule has 1 aromatic heterocycles. The van der Waals surface area contributed by atoms with Gasteiger partial charge in [0.25, 0.3) is 0 Å². The smallest absolute Gasteiger partial charge is 0.118 e. The van der Waals surface area contributed by atoms with Crippen molar-refractivity contribution in [2.75, 3.05) is 0 Å². The van der Waals surface area contributed by atoms with Gasteiger partial charge in [0.1, 0.15) is 6.10 Å². The predicted molar refractivity (Wildman–Crippen MR) is 69.8 cm³/mol. The summed E-state index contributed by atoms with van der Waals surface area (Å²) in [5.74, 6) is 0. The van der Waals surface area contributed by atoms with Crippen molar-refractivity contribution in [2.24, 2.45) is 0 Å². The largest absolute Gasteiger partial charge is 0.383 e. The molecule has 1 unspecified atom stereocenters. The molecule has 0 fully saturated rings. The standard InChI is InChI=1S/C11H10Cl2N2OS/c1-2-8-11(17-15-14-8)10(16)6-4-3-5-7(12)9(6)13/h3-5,10,16H,2H2,1H3. The van der Waals surface area contributed by atoms with E-state index in [-0.39, 0.29) is 0 Å². The van der Waals surface area contributed by atoms with Gasteiger partial charge < -0.3 is 5.11 Å². The number of aryl methyl sites for hydroxylation is 1. The first-order valence-corrected chi connectivity index (χ1v) is 6.61. The molecule has 3 nitrogen and oxygen atoms in total. The number of rotatable bonds is 3. The Labute approximate surface area is 113 Å². The molecule has 0 saturated heterocycles. The molecule has 0 spiro atoms. The Kier molecular flexibility index (Phi) is 3.99. The van der Waals surface area contributed by atoms with Crippen molar-refractivity contribution in [3.8, 4) is 0 Å². The minimum Gasteiger partial charge on any atom is -0.383 e. The van der Waals surface area contributed by atoms with Crippen molar-refractivity contribution in [1.82, 2.24) is 9.59 Å². The van der Waals surface area contributed by atoms with Gasteiger partial charge in [-0.15, -0.1) is 5.10 Å². The van der Waals surface area contributed by atoms with E-state index in [2.05, 4.69) is 9.59 Å². The SMILES string of the molecule is CCc1nnsc1C(O)c1cccc(Cl)c1Cl. The van der Waals surface area contributed by atoms with Crippen LogP contribution in [0.15, 0.2) is 18.2 Å². The molecule has 0 bridgehead atoms. The van der Waals surface area contributed by atoms with Gasteiger partial charge in [0, 0.05) is 5.56 Å². The zero-order valence-corrected chi connectivity index (χ0v) is 11.4. The number of aliphatic hydroxyl groups excluding tert-OH is 1. The van der Waals surface area contributed by atoms with E-state index in [4.69, 9.17) is 23.2 Å². The third-order valence-electron chi connectivity index (χ3n) is 2.44. The van der Waals surface area contributed by atoms with Crippen LogP contribution in [0.4, 0.5) is 0 Å². The molecule has 0 amide bonds. The van der Waals surface area contributed by atoms with Crippen LogP contribution >= 0.6 is 34.7 Å². The second kappa shape index (κ2) is 5.31. The fraction of sp³-hybridized carbons (Fsp3) is 0.273. The van der Waals surface area contributed by atoms with Crippen LogP contribution in [-0.4, -0.2) is 14.7 Å². The van der Waals surface area contributed by atoms with E-state index in [1.54, 1.807) is 18.2 Å². The molecule has 2 rings (SSSR count). The Morgan fingerprint density at radius 2 is 2.18 bits per heavy atom. The van der Waals surface area contributed by atoms with Crippen molar-refractivity contribution < 1.29 is 5.11 Å². The second-order valence-corrected chi connectivity index (χ2v) is 5.05. The summed E-state index contributed by atoms with van der Waals surface area (Å²) in [6.45, 7) is 1.96. The van der Waals surface area contributed by atoms with Crippen molar-refractivity contribution in [2.45, 2.75) is 19.4 Å². The Bertz CT molecular complexity index is 530. The second-order valence-electron chi connectivity index (χ2n) is 3.48. The van der Waals surface area contributed by atoms with Gasteiger partial charge in [0.05, 0.1) is 20.6 Å². The first kappa shape index (κ1) is 12.8. The molecule has 1 atom stereocenters. The fourth-order valence-electron chi connectivity index (χ4n) is 1.54.